The van der Waals surface area contributed by atoms with E-state index in [1.807, 2.05) is 54.6 Å². The van der Waals surface area contributed by atoms with Crippen LogP contribution in [0.5, 0.6) is 0 Å². The van der Waals surface area contributed by atoms with Crippen molar-refractivity contribution in [2.45, 2.75) is 18.8 Å². The minimum atomic E-state index is -0.793. The van der Waals surface area contributed by atoms with Gasteiger partial charge in [-0.15, -0.1) is 0 Å². The first kappa shape index (κ1) is 13.6. The molecule has 98 valence electrons. The molecular formula is C16H15ClO2. The van der Waals surface area contributed by atoms with Gasteiger partial charge in [-0.05, 0) is 30.0 Å². The van der Waals surface area contributed by atoms with Crippen LogP contribution in [0.15, 0.2) is 54.6 Å². The van der Waals surface area contributed by atoms with Crippen LogP contribution in [0.3, 0.4) is 0 Å². The molecule has 1 atom stereocenters. The summed E-state index contributed by atoms with van der Waals surface area (Å²) in [5.74, 6) is -1.28. The van der Waals surface area contributed by atoms with Crippen molar-refractivity contribution in [3.8, 4) is 0 Å². The summed E-state index contributed by atoms with van der Waals surface area (Å²) >= 11 is 6.09. The van der Waals surface area contributed by atoms with Crippen LogP contribution in [0, 0.1) is 0 Å². The summed E-state index contributed by atoms with van der Waals surface area (Å²) < 4.78 is 0. The molecule has 0 heterocycles. The van der Waals surface area contributed by atoms with Crippen molar-refractivity contribution in [1.82, 2.24) is 0 Å². The fourth-order valence-electron chi connectivity index (χ4n) is 2.12. The maximum atomic E-state index is 11.4. The highest BCUT2D eigenvalue weighted by Crippen LogP contribution is 2.24. The van der Waals surface area contributed by atoms with E-state index in [2.05, 4.69) is 0 Å². The van der Waals surface area contributed by atoms with Gasteiger partial charge in [0.05, 0.1) is 5.92 Å². The van der Waals surface area contributed by atoms with Crippen molar-refractivity contribution < 1.29 is 9.90 Å². The molecule has 2 nitrogen and oxygen atoms in total. The van der Waals surface area contributed by atoms with Crippen LogP contribution in [-0.2, 0) is 11.2 Å². The molecule has 0 fully saturated rings. The van der Waals surface area contributed by atoms with E-state index in [4.69, 9.17) is 11.6 Å². The van der Waals surface area contributed by atoms with E-state index in [1.165, 1.54) is 0 Å². The molecule has 1 N–H and O–H groups in total. The fraction of sp³-hybridized carbons (Fsp3) is 0.188. The quantitative estimate of drug-likeness (QED) is 0.890. The maximum absolute atomic E-state index is 11.4. The van der Waals surface area contributed by atoms with Gasteiger partial charge in [-0.3, -0.25) is 4.79 Å². The van der Waals surface area contributed by atoms with Gasteiger partial charge in [0.1, 0.15) is 0 Å². The number of halogens is 1. The molecule has 0 aliphatic rings. The van der Waals surface area contributed by atoms with Crippen LogP contribution in [0.1, 0.15) is 23.5 Å². The van der Waals surface area contributed by atoms with Gasteiger partial charge in [0.2, 0.25) is 0 Å². The monoisotopic (exact) mass is 274 g/mol. The molecule has 19 heavy (non-hydrogen) atoms. The second kappa shape index (κ2) is 6.39. The van der Waals surface area contributed by atoms with E-state index in [1.54, 1.807) is 0 Å². The van der Waals surface area contributed by atoms with Gasteiger partial charge in [-0.2, -0.15) is 0 Å². The highest BCUT2D eigenvalue weighted by molar-refractivity contribution is 6.31. The van der Waals surface area contributed by atoms with Gasteiger partial charge >= 0.3 is 5.97 Å². The molecule has 0 aliphatic heterocycles. The summed E-state index contributed by atoms with van der Waals surface area (Å²) in [4.78, 5) is 11.4. The third kappa shape index (κ3) is 3.58. The number of carboxylic acids is 1. The van der Waals surface area contributed by atoms with Crippen LogP contribution < -0.4 is 0 Å². The topological polar surface area (TPSA) is 37.3 Å². The zero-order chi connectivity index (χ0) is 13.7. The van der Waals surface area contributed by atoms with E-state index in [0.717, 1.165) is 11.1 Å². The molecular weight excluding hydrogens is 260 g/mol. The van der Waals surface area contributed by atoms with Crippen molar-refractivity contribution in [2.75, 3.05) is 0 Å². The molecule has 0 radical (unpaired) electrons. The predicted octanol–water partition coefficient (Wildman–Crippen LogP) is 4.14. The van der Waals surface area contributed by atoms with Crippen LogP contribution in [-0.4, -0.2) is 11.1 Å². The number of carboxylic acid groups (broad SMARTS) is 1. The molecule has 0 spiro atoms. The molecule has 0 aromatic heterocycles. The van der Waals surface area contributed by atoms with E-state index < -0.39 is 11.9 Å². The summed E-state index contributed by atoms with van der Waals surface area (Å²) in [5, 5.41) is 10.0. The summed E-state index contributed by atoms with van der Waals surface area (Å²) in [7, 11) is 0. The summed E-state index contributed by atoms with van der Waals surface area (Å²) in [5.41, 5.74) is 1.83. The molecule has 2 aromatic rings. The Morgan fingerprint density at radius 1 is 1.05 bits per heavy atom. The van der Waals surface area contributed by atoms with E-state index in [-0.39, 0.29) is 0 Å². The smallest absolute Gasteiger partial charge is 0.310 e. The lowest BCUT2D eigenvalue weighted by molar-refractivity contribution is -0.138. The number of benzene rings is 2. The Hall–Kier alpha value is -1.80. The Bertz CT molecular complexity index is 552. The van der Waals surface area contributed by atoms with Gasteiger partial charge in [-0.1, -0.05) is 60.1 Å². The number of hydrogen-bond acceptors (Lipinski definition) is 1. The molecule has 0 saturated carbocycles. The predicted molar refractivity (Wildman–Crippen MR) is 76.6 cm³/mol. The van der Waals surface area contributed by atoms with Gasteiger partial charge < -0.3 is 5.11 Å². The van der Waals surface area contributed by atoms with Gasteiger partial charge in [0.15, 0.2) is 0 Å². The molecule has 0 bridgehead atoms. The lowest BCUT2D eigenvalue weighted by Gasteiger charge is -2.13. The third-order valence-corrected chi connectivity index (χ3v) is 3.53. The van der Waals surface area contributed by atoms with Crippen LogP contribution in [0.2, 0.25) is 5.02 Å². The minimum absolute atomic E-state index is 0.488. The number of hydrogen-bond donors (Lipinski definition) is 1. The molecule has 3 heteroatoms. The molecule has 0 aliphatic carbocycles. The van der Waals surface area contributed by atoms with Crippen molar-refractivity contribution >= 4 is 17.6 Å². The van der Waals surface area contributed by atoms with Crippen molar-refractivity contribution in [1.29, 1.82) is 0 Å². The Kier molecular flexibility index (Phi) is 4.58. The third-order valence-electron chi connectivity index (χ3n) is 3.16. The average Bonchev–Trinajstić information content (AvgIpc) is 2.42. The largest absolute Gasteiger partial charge is 0.481 e. The normalized spacial score (nSPS) is 12.1. The van der Waals surface area contributed by atoms with E-state index >= 15 is 0 Å². The first-order valence-electron chi connectivity index (χ1n) is 6.19. The number of aliphatic carboxylic acids is 1. The summed E-state index contributed by atoms with van der Waals surface area (Å²) in [6.07, 6.45) is 1.20. The Labute approximate surface area is 117 Å². The molecule has 0 amide bonds. The lowest BCUT2D eigenvalue weighted by Crippen LogP contribution is -2.12. The Morgan fingerprint density at radius 2 is 1.68 bits per heavy atom. The number of rotatable bonds is 5. The van der Waals surface area contributed by atoms with Crippen LogP contribution in [0.4, 0.5) is 0 Å². The van der Waals surface area contributed by atoms with Crippen LogP contribution in [0.25, 0.3) is 0 Å². The van der Waals surface area contributed by atoms with E-state index in [0.29, 0.717) is 17.9 Å². The summed E-state index contributed by atoms with van der Waals surface area (Å²) in [6, 6.07) is 16.9. The Balaban J connectivity index is 2.11. The number of carbonyl (C=O) groups is 1. The second-order valence-corrected chi connectivity index (χ2v) is 4.84. The molecule has 2 rings (SSSR count). The standard InChI is InChI=1S/C16H15ClO2/c17-15-9-5-4-8-13(15)10-11-14(16(18)19)12-6-2-1-3-7-12/h1-9,14H,10-11H2,(H,18,19). The van der Waals surface area contributed by atoms with Gasteiger partial charge in [0.25, 0.3) is 0 Å². The van der Waals surface area contributed by atoms with E-state index in [9.17, 15) is 9.90 Å². The minimum Gasteiger partial charge on any atom is -0.481 e. The highest BCUT2D eigenvalue weighted by Gasteiger charge is 2.19. The zero-order valence-corrected chi connectivity index (χ0v) is 11.2. The van der Waals surface area contributed by atoms with Gasteiger partial charge in [0, 0.05) is 5.02 Å². The number of aryl methyl sites for hydroxylation is 1. The van der Waals surface area contributed by atoms with Crippen molar-refractivity contribution in [3.05, 3.63) is 70.7 Å². The highest BCUT2D eigenvalue weighted by atomic mass is 35.5. The van der Waals surface area contributed by atoms with Gasteiger partial charge in [-0.25, -0.2) is 0 Å². The first-order valence-corrected chi connectivity index (χ1v) is 6.57. The van der Waals surface area contributed by atoms with Crippen molar-refractivity contribution in [2.24, 2.45) is 0 Å². The first-order chi connectivity index (χ1) is 9.18. The molecule has 0 saturated heterocycles. The molecule has 2 aromatic carbocycles. The second-order valence-electron chi connectivity index (χ2n) is 4.43. The zero-order valence-electron chi connectivity index (χ0n) is 10.4. The van der Waals surface area contributed by atoms with Crippen LogP contribution >= 0.6 is 11.6 Å². The lowest BCUT2D eigenvalue weighted by atomic mass is 9.92. The average molecular weight is 275 g/mol. The summed E-state index contributed by atoms with van der Waals surface area (Å²) in [6.45, 7) is 0. The Morgan fingerprint density at radius 3 is 2.32 bits per heavy atom. The maximum Gasteiger partial charge on any atom is 0.310 e. The fourth-order valence-corrected chi connectivity index (χ4v) is 2.35. The SMILES string of the molecule is O=C(O)C(CCc1ccccc1Cl)c1ccccc1. The van der Waals surface area contributed by atoms with Crippen molar-refractivity contribution in [3.63, 3.8) is 0 Å². The molecule has 1 unspecified atom stereocenters.